The van der Waals surface area contributed by atoms with Crippen LogP contribution in [0.25, 0.3) is 6.08 Å². The topological polar surface area (TPSA) is 73.2 Å². The van der Waals surface area contributed by atoms with E-state index in [9.17, 15) is 28.2 Å². The molecule has 2 N–H and O–H groups in total. The Bertz CT molecular complexity index is 1440. The van der Waals surface area contributed by atoms with E-state index >= 15 is 0 Å². The zero-order valence-corrected chi connectivity index (χ0v) is 23.2. The first kappa shape index (κ1) is 26.8. The molecule has 41 heavy (non-hydrogen) atoms. The monoisotopic (exact) mass is 568 g/mol. The minimum atomic E-state index is -4.47. The predicted octanol–water partition coefficient (Wildman–Crippen LogP) is 4.76. The van der Waals surface area contributed by atoms with Crippen molar-refractivity contribution in [2.45, 2.75) is 74.4 Å². The zero-order chi connectivity index (χ0) is 28.9. The molecule has 2 heterocycles. The summed E-state index contributed by atoms with van der Waals surface area (Å²) < 4.78 is 46.1. The Balaban J connectivity index is 1.24. The van der Waals surface area contributed by atoms with E-state index in [2.05, 4.69) is 4.90 Å². The van der Waals surface area contributed by atoms with Crippen LogP contribution in [-0.2, 0) is 22.8 Å². The number of carbonyl (C=O) groups excluding carboxylic acids is 1. The van der Waals surface area contributed by atoms with Gasteiger partial charge in [0.2, 0.25) is 5.91 Å². The quantitative estimate of drug-likeness (QED) is 0.509. The van der Waals surface area contributed by atoms with Crippen LogP contribution in [0.3, 0.4) is 0 Å². The number of alkyl halides is 3. The molecule has 6 nitrogen and oxygen atoms in total. The molecule has 9 heteroatoms. The largest absolute Gasteiger partial charge is 0.504 e. The van der Waals surface area contributed by atoms with E-state index in [1.807, 2.05) is 13.0 Å². The van der Waals surface area contributed by atoms with Crippen LogP contribution in [-0.4, -0.2) is 69.8 Å². The Morgan fingerprint density at radius 3 is 2.76 bits per heavy atom. The fourth-order valence-electron chi connectivity index (χ4n) is 8.56. The first-order chi connectivity index (χ1) is 19.4. The molecule has 6 atom stereocenters. The number of hydrogen-bond acceptors (Lipinski definition) is 5. The molecule has 0 aromatic heterocycles. The van der Waals surface area contributed by atoms with Gasteiger partial charge in [-0.25, -0.2) is 0 Å². The molecular weight excluding hydrogens is 533 g/mol. The van der Waals surface area contributed by atoms with Crippen LogP contribution >= 0.6 is 0 Å². The number of rotatable bonds is 5. The minimum Gasteiger partial charge on any atom is -0.504 e. The summed E-state index contributed by atoms with van der Waals surface area (Å²) in [5.74, 6) is 0.651. The molecule has 218 valence electrons. The van der Waals surface area contributed by atoms with E-state index in [0.717, 1.165) is 36.3 Å². The molecule has 2 aliphatic heterocycles. The third-order valence-electron chi connectivity index (χ3n) is 10.5. The van der Waals surface area contributed by atoms with E-state index in [1.54, 1.807) is 18.0 Å². The summed E-state index contributed by atoms with van der Waals surface area (Å²) >= 11 is 0. The van der Waals surface area contributed by atoms with Crippen molar-refractivity contribution in [3.05, 3.63) is 64.7 Å². The smallest absolute Gasteiger partial charge is 0.416 e. The maximum Gasteiger partial charge on any atom is 0.416 e. The molecule has 2 bridgehead atoms. The van der Waals surface area contributed by atoms with Crippen molar-refractivity contribution in [3.63, 3.8) is 0 Å². The van der Waals surface area contributed by atoms with E-state index in [4.69, 9.17) is 4.74 Å². The number of carbonyl (C=O) groups is 1. The lowest BCUT2D eigenvalue weighted by Crippen LogP contribution is -2.79. The van der Waals surface area contributed by atoms with Gasteiger partial charge in [0.15, 0.2) is 11.5 Å². The summed E-state index contributed by atoms with van der Waals surface area (Å²) in [5, 5.41) is 23.6. The van der Waals surface area contributed by atoms with Gasteiger partial charge >= 0.3 is 6.18 Å². The second-order valence-electron chi connectivity index (χ2n) is 12.9. The van der Waals surface area contributed by atoms with Crippen molar-refractivity contribution in [1.29, 1.82) is 0 Å². The fraction of sp³-hybridized carbons (Fsp3) is 0.531. The van der Waals surface area contributed by atoms with Crippen molar-refractivity contribution < 1.29 is 32.9 Å². The van der Waals surface area contributed by atoms with Gasteiger partial charge in [0, 0.05) is 31.3 Å². The molecule has 1 amide bonds. The molecule has 3 fully saturated rings. The Morgan fingerprint density at radius 1 is 1.24 bits per heavy atom. The van der Waals surface area contributed by atoms with Gasteiger partial charge in [0.25, 0.3) is 0 Å². The number of aliphatic hydroxyl groups is 1. The molecule has 1 spiro atoms. The lowest BCUT2D eigenvalue weighted by Gasteiger charge is -2.66. The van der Waals surface area contributed by atoms with Crippen LogP contribution in [0.4, 0.5) is 13.2 Å². The van der Waals surface area contributed by atoms with E-state index < -0.39 is 34.9 Å². The van der Waals surface area contributed by atoms with E-state index in [-0.39, 0.29) is 29.2 Å². The SMILES string of the molecule is CC1CC2(O)[C@@H]3Cc4ccc(O)c5c4[C@@]2(CCN3CC2CC2)C(O5)C1N(C)C(=O)/C=C/c1cccc(C(F)(F)F)c1. The molecule has 2 aromatic rings. The lowest BCUT2D eigenvalue weighted by atomic mass is 9.46. The number of phenols is 1. The molecule has 2 aromatic carbocycles. The Morgan fingerprint density at radius 2 is 2.02 bits per heavy atom. The van der Waals surface area contributed by atoms with Gasteiger partial charge in [-0.15, -0.1) is 0 Å². The Kier molecular flexibility index (Phi) is 5.88. The van der Waals surface area contributed by atoms with Crippen LogP contribution in [0.5, 0.6) is 11.5 Å². The summed E-state index contributed by atoms with van der Waals surface area (Å²) in [6.45, 7) is 3.82. The van der Waals surface area contributed by atoms with Crippen molar-refractivity contribution in [3.8, 4) is 11.5 Å². The first-order valence-corrected chi connectivity index (χ1v) is 14.5. The van der Waals surface area contributed by atoms with Gasteiger partial charge in [-0.2, -0.15) is 13.2 Å². The zero-order valence-electron chi connectivity index (χ0n) is 23.2. The maximum absolute atomic E-state index is 13.5. The molecular formula is C32H35F3N2O4. The summed E-state index contributed by atoms with van der Waals surface area (Å²) in [6.07, 6.45) is 1.95. The minimum absolute atomic E-state index is 0.0403. The molecule has 1 saturated heterocycles. The van der Waals surface area contributed by atoms with E-state index in [1.165, 1.54) is 37.1 Å². The number of ether oxygens (including phenoxy) is 1. The van der Waals surface area contributed by atoms with Gasteiger partial charge in [-0.1, -0.05) is 25.1 Å². The average Bonchev–Trinajstić information content (AvgIpc) is 3.67. The molecule has 4 unspecified atom stereocenters. The summed E-state index contributed by atoms with van der Waals surface area (Å²) in [5.41, 5.74) is -0.358. The molecule has 3 aliphatic carbocycles. The van der Waals surface area contributed by atoms with Crippen molar-refractivity contribution in [2.75, 3.05) is 20.1 Å². The van der Waals surface area contributed by atoms with Gasteiger partial charge in [0.1, 0.15) is 6.10 Å². The van der Waals surface area contributed by atoms with Crippen LogP contribution in [0.2, 0.25) is 0 Å². The molecule has 7 rings (SSSR count). The number of nitrogens with zero attached hydrogens (tertiary/aromatic N) is 2. The summed E-state index contributed by atoms with van der Waals surface area (Å²) in [7, 11) is 1.69. The normalized spacial score (nSPS) is 33.9. The number of benzene rings is 2. The second-order valence-corrected chi connectivity index (χ2v) is 12.9. The molecule has 0 radical (unpaired) electrons. The van der Waals surface area contributed by atoms with Crippen LogP contribution < -0.4 is 4.74 Å². The average molecular weight is 569 g/mol. The molecule has 5 aliphatic rings. The van der Waals surface area contributed by atoms with Crippen LogP contribution in [0.15, 0.2) is 42.5 Å². The Labute approximate surface area is 237 Å². The van der Waals surface area contributed by atoms with Crippen LogP contribution in [0.1, 0.15) is 54.9 Å². The number of aromatic hydroxyl groups is 1. The van der Waals surface area contributed by atoms with Gasteiger partial charge in [-0.3, -0.25) is 9.69 Å². The van der Waals surface area contributed by atoms with Gasteiger partial charge in [-0.05, 0) is 85.9 Å². The highest BCUT2D eigenvalue weighted by Gasteiger charge is 2.74. The highest BCUT2D eigenvalue weighted by atomic mass is 19.4. The van der Waals surface area contributed by atoms with Crippen molar-refractivity contribution in [1.82, 2.24) is 9.80 Å². The van der Waals surface area contributed by atoms with E-state index in [0.29, 0.717) is 30.9 Å². The highest BCUT2D eigenvalue weighted by molar-refractivity contribution is 5.92. The maximum atomic E-state index is 13.5. The van der Waals surface area contributed by atoms with Crippen molar-refractivity contribution >= 4 is 12.0 Å². The van der Waals surface area contributed by atoms with Crippen molar-refractivity contribution in [2.24, 2.45) is 11.8 Å². The third kappa shape index (κ3) is 3.88. The van der Waals surface area contributed by atoms with Gasteiger partial charge < -0.3 is 19.8 Å². The Hall–Kier alpha value is -3.04. The highest BCUT2D eigenvalue weighted by Crippen LogP contribution is 2.66. The number of likely N-dealkylation sites (N-methyl/N-ethyl adjacent to an activating group) is 1. The number of piperidine rings is 1. The third-order valence-corrected chi connectivity index (χ3v) is 10.5. The number of hydrogen-bond donors (Lipinski definition) is 2. The standard InChI is InChI=1S/C32H35F3N2O4/c1-18-16-31(40)24-15-21-9-10-23(38)28-26(21)30(31,12-13-37(24)17-20-6-7-20)29(41-28)27(18)36(2)25(39)11-8-19-4-3-5-22(14-19)32(33,34)35/h3-5,8-11,14,18,20,24,27,29,38,40H,6-7,12-13,15-17H2,1-2H3/b11-8+/t18?,24-,27?,29?,30-,31?/m0/s1. The fourth-order valence-corrected chi connectivity index (χ4v) is 8.56. The lowest BCUT2D eigenvalue weighted by molar-refractivity contribution is -0.212. The number of amides is 1. The second kappa shape index (κ2) is 8.98. The first-order valence-electron chi connectivity index (χ1n) is 14.5. The van der Waals surface area contributed by atoms with Crippen LogP contribution in [0, 0.1) is 11.8 Å². The number of halogens is 3. The summed E-state index contributed by atoms with van der Waals surface area (Å²) in [4.78, 5) is 17.6. The summed E-state index contributed by atoms with van der Waals surface area (Å²) in [6, 6.07) is 8.00. The van der Waals surface area contributed by atoms with Gasteiger partial charge in [0.05, 0.1) is 22.6 Å². The number of phenolic OH excluding ortho intramolecular Hbond substituents is 1. The number of likely N-dealkylation sites (tertiary alicyclic amines) is 1. The predicted molar refractivity (Wildman–Crippen MR) is 146 cm³/mol. The molecule has 2 saturated carbocycles.